The summed E-state index contributed by atoms with van der Waals surface area (Å²) in [6, 6.07) is 10.6. The Hall–Kier alpha value is -1.39. The first-order valence-electron chi connectivity index (χ1n) is 7.98. The number of nitrogens with zero attached hydrogens (tertiary/aromatic N) is 3. The number of benzene rings is 1. The van der Waals surface area contributed by atoms with E-state index >= 15 is 0 Å². The summed E-state index contributed by atoms with van der Waals surface area (Å²) >= 11 is 0. The standard InChI is InChI=1S/C17H23N3O.ClH/c1-2-20(15-11-7-4-8-12-15)13-16-18-19-17(21-16)14-9-5-3-6-10-14;/h3,5-6,9-10,15H,2,4,7-8,11-13H2,1H3;1H/p-1. The van der Waals surface area contributed by atoms with Crippen molar-refractivity contribution < 1.29 is 16.8 Å². The van der Waals surface area contributed by atoms with Crippen molar-refractivity contribution in [2.75, 3.05) is 6.54 Å². The topological polar surface area (TPSA) is 42.2 Å². The van der Waals surface area contributed by atoms with Crippen LogP contribution in [0.1, 0.15) is 44.9 Å². The minimum absolute atomic E-state index is 0. The molecular weight excluding hydrogens is 298 g/mol. The van der Waals surface area contributed by atoms with E-state index in [0.717, 1.165) is 24.5 Å². The molecule has 0 atom stereocenters. The highest BCUT2D eigenvalue weighted by Gasteiger charge is 2.21. The lowest BCUT2D eigenvalue weighted by Gasteiger charge is -2.32. The maximum Gasteiger partial charge on any atom is 0.247 e. The van der Waals surface area contributed by atoms with Crippen molar-refractivity contribution in [1.82, 2.24) is 15.1 Å². The molecule has 1 aliphatic rings. The maximum absolute atomic E-state index is 5.83. The first-order chi connectivity index (χ1) is 10.4. The van der Waals surface area contributed by atoms with Gasteiger partial charge in [0.2, 0.25) is 11.8 Å². The average Bonchev–Trinajstić information content (AvgIpc) is 3.03. The summed E-state index contributed by atoms with van der Waals surface area (Å²) in [6.45, 7) is 4.01. The Balaban J connectivity index is 0.00000176. The van der Waals surface area contributed by atoms with E-state index in [0.29, 0.717) is 11.9 Å². The van der Waals surface area contributed by atoms with Crippen molar-refractivity contribution in [1.29, 1.82) is 0 Å². The third kappa shape index (κ3) is 4.08. The van der Waals surface area contributed by atoms with Crippen LogP contribution in [0.15, 0.2) is 34.7 Å². The van der Waals surface area contributed by atoms with Gasteiger partial charge in [0.15, 0.2) is 0 Å². The second-order valence-electron chi connectivity index (χ2n) is 5.72. The summed E-state index contributed by atoms with van der Waals surface area (Å²) in [6.07, 6.45) is 6.67. The molecule has 120 valence electrons. The zero-order valence-corrected chi connectivity index (χ0v) is 13.8. The summed E-state index contributed by atoms with van der Waals surface area (Å²) in [5, 5.41) is 8.39. The zero-order valence-electron chi connectivity index (χ0n) is 13.0. The van der Waals surface area contributed by atoms with E-state index in [1.807, 2.05) is 30.3 Å². The van der Waals surface area contributed by atoms with E-state index in [4.69, 9.17) is 4.42 Å². The predicted molar refractivity (Wildman–Crippen MR) is 82.7 cm³/mol. The van der Waals surface area contributed by atoms with Crippen molar-refractivity contribution in [3.8, 4) is 11.5 Å². The molecule has 0 aliphatic heterocycles. The van der Waals surface area contributed by atoms with Gasteiger partial charge in [-0.25, -0.2) is 0 Å². The first-order valence-corrected chi connectivity index (χ1v) is 7.98. The van der Waals surface area contributed by atoms with Crippen LogP contribution < -0.4 is 12.4 Å². The second kappa shape index (κ2) is 8.30. The van der Waals surface area contributed by atoms with Gasteiger partial charge in [0.25, 0.3) is 0 Å². The van der Waals surface area contributed by atoms with Gasteiger partial charge in [-0.3, -0.25) is 4.90 Å². The minimum Gasteiger partial charge on any atom is -1.00 e. The van der Waals surface area contributed by atoms with Gasteiger partial charge < -0.3 is 16.8 Å². The second-order valence-corrected chi connectivity index (χ2v) is 5.72. The van der Waals surface area contributed by atoms with Crippen molar-refractivity contribution in [3.05, 3.63) is 36.2 Å². The maximum atomic E-state index is 5.83. The highest BCUT2D eigenvalue weighted by Crippen LogP contribution is 2.24. The summed E-state index contributed by atoms with van der Waals surface area (Å²) in [5.41, 5.74) is 0.983. The summed E-state index contributed by atoms with van der Waals surface area (Å²) in [4.78, 5) is 2.47. The van der Waals surface area contributed by atoms with Gasteiger partial charge >= 0.3 is 0 Å². The van der Waals surface area contributed by atoms with Crippen LogP contribution in [0.5, 0.6) is 0 Å². The van der Waals surface area contributed by atoms with Crippen LogP contribution in [-0.4, -0.2) is 27.7 Å². The van der Waals surface area contributed by atoms with Gasteiger partial charge in [-0.2, -0.15) is 0 Å². The van der Waals surface area contributed by atoms with Crippen LogP contribution in [0, 0.1) is 0 Å². The molecule has 22 heavy (non-hydrogen) atoms. The normalized spacial score (nSPS) is 15.7. The van der Waals surface area contributed by atoms with Gasteiger partial charge in [0.1, 0.15) is 0 Å². The molecule has 1 aromatic carbocycles. The Morgan fingerprint density at radius 1 is 1.09 bits per heavy atom. The molecule has 1 heterocycles. The Morgan fingerprint density at radius 3 is 2.50 bits per heavy atom. The quantitative estimate of drug-likeness (QED) is 0.821. The van der Waals surface area contributed by atoms with Crippen LogP contribution in [0.25, 0.3) is 11.5 Å². The molecule has 1 aliphatic carbocycles. The lowest BCUT2D eigenvalue weighted by atomic mass is 9.94. The van der Waals surface area contributed by atoms with Crippen molar-refractivity contribution >= 4 is 0 Å². The van der Waals surface area contributed by atoms with Crippen LogP contribution in [0.4, 0.5) is 0 Å². The van der Waals surface area contributed by atoms with Gasteiger partial charge in [-0.15, -0.1) is 10.2 Å². The smallest absolute Gasteiger partial charge is 0.247 e. The largest absolute Gasteiger partial charge is 1.00 e. The summed E-state index contributed by atoms with van der Waals surface area (Å²) < 4.78 is 5.83. The SMILES string of the molecule is CCN(Cc1nnc(-c2ccccc2)o1)C1CCCCC1.[Cl-]. The van der Waals surface area contributed by atoms with Crippen LogP contribution >= 0.6 is 0 Å². The lowest BCUT2D eigenvalue weighted by molar-refractivity contribution is -0.00000516. The van der Waals surface area contributed by atoms with E-state index in [1.165, 1.54) is 32.1 Å². The average molecular weight is 321 g/mol. The fourth-order valence-electron chi connectivity index (χ4n) is 3.13. The highest BCUT2D eigenvalue weighted by molar-refractivity contribution is 5.51. The molecule has 3 rings (SSSR count). The Bertz CT molecular complexity index is 552. The molecule has 2 aromatic rings. The van der Waals surface area contributed by atoms with Gasteiger partial charge in [0.05, 0.1) is 6.54 Å². The van der Waals surface area contributed by atoms with Crippen molar-refractivity contribution in [3.63, 3.8) is 0 Å². The Morgan fingerprint density at radius 2 is 1.82 bits per heavy atom. The first kappa shape index (κ1) is 17.0. The third-order valence-electron chi connectivity index (χ3n) is 4.32. The fourth-order valence-corrected chi connectivity index (χ4v) is 3.13. The molecule has 4 nitrogen and oxygen atoms in total. The van der Waals surface area contributed by atoms with E-state index in [1.54, 1.807) is 0 Å². The van der Waals surface area contributed by atoms with Crippen molar-refractivity contribution in [2.24, 2.45) is 0 Å². The van der Waals surface area contributed by atoms with E-state index in [9.17, 15) is 0 Å². The van der Waals surface area contributed by atoms with Crippen LogP contribution in [-0.2, 0) is 6.54 Å². The van der Waals surface area contributed by atoms with Gasteiger partial charge in [-0.1, -0.05) is 44.4 Å². The Labute approximate surface area is 138 Å². The molecule has 1 aromatic heterocycles. The van der Waals surface area contributed by atoms with E-state index in [-0.39, 0.29) is 12.4 Å². The van der Waals surface area contributed by atoms with Crippen LogP contribution in [0.2, 0.25) is 0 Å². The number of halogens is 1. The molecule has 1 fully saturated rings. The van der Waals surface area contributed by atoms with Crippen molar-refractivity contribution in [2.45, 2.75) is 51.6 Å². The Kier molecular flexibility index (Phi) is 6.40. The van der Waals surface area contributed by atoms with Gasteiger partial charge in [-0.05, 0) is 31.5 Å². The molecular formula is C17H23ClN3O-. The van der Waals surface area contributed by atoms with Crippen LogP contribution in [0.3, 0.4) is 0 Å². The zero-order chi connectivity index (χ0) is 14.5. The molecule has 0 bridgehead atoms. The lowest BCUT2D eigenvalue weighted by Crippen LogP contribution is -3.00. The number of hydrogen-bond acceptors (Lipinski definition) is 4. The summed E-state index contributed by atoms with van der Waals surface area (Å²) in [7, 11) is 0. The number of aromatic nitrogens is 2. The predicted octanol–water partition coefficient (Wildman–Crippen LogP) is 0.895. The molecule has 5 heteroatoms. The monoisotopic (exact) mass is 320 g/mol. The fraction of sp³-hybridized carbons (Fsp3) is 0.529. The molecule has 0 spiro atoms. The molecule has 0 unspecified atom stereocenters. The molecule has 1 saturated carbocycles. The van der Waals surface area contributed by atoms with Gasteiger partial charge in [0, 0.05) is 11.6 Å². The van der Waals surface area contributed by atoms with E-state index < -0.39 is 0 Å². The molecule has 0 saturated heterocycles. The number of rotatable bonds is 5. The third-order valence-corrected chi connectivity index (χ3v) is 4.32. The molecule has 0 N–H and O–H groups in total. The minimum atomic E-state index is 0. The molecule has 0 amide bonds. The highest BCUT2D eigenvalue weighted by atomic mass is 35.5. The van der Waals surface area contributed by atoms with E-state index in [2.05, 4.69) is 22.0 Å². The number of hydrogen-bond donors (Lipinski definition) is 0. The summed E-state index contributed by atoms with van der Waals surface area (Å²) in [5.74, 6) is 1.34. The molecule has 0 radical (unpaired) electrons.